The van der Waals surface area contributed by atoms with Crippen molar-refractivity contribution in [1.29, 1.82) is 0 Å². The Balaban J connectivity index is 1.86. The van der Waals surface area contributed by atoms with Gasteiger partial charge >= 0.3 is 0 Å². The van der Waals surface area contributed by atoms with Crippen molar-refractivity contribution >= 4 is 39.0 Å². The predicted octanol–water partition coefficient (Wildman–Crippen LogP) is 5.00. The van der Waals surface area contributed by atoms with Gasteiger partial charge in [-0.1, -0.05) is 36.4 Å². The van der Waals surface area contributed by atoms with Crippen LogP contribution in [0.1, 0.15) is 26.8 Å². The van der Waals surface area contributed by atoms with Crippen molar-refractivity contribution in [3.63, 3.8) is 0 Å². The van der Waals surface area contributed by atoms with Crippen LogP contribution in [0.5, 0.6) is 11.5 Å². The highest BCUT2D eigenvalue weighted by Gasteiger charge is 2.44. The molecule has 1 aromatic heterocycles. The van der Waals surface area contributed by atoms with Gasteiger partial charge in [-0.05, 0) is 50.6 Å². The minimum absolute atomic E-state index is 0.00280. The van der Waals surface area contributed by atoms with Crippen LogP contribution >= 0.6 is 27.3 Å². The van der Waals surface area contributed by atoms with Crippen molar-refractivity contribution in [2.24, 2.45) is 0 Å². The van der Waals surface area contributed by atoms with Crippen LogP contribution in [0.4, 0.5) is 0 Å². The van der Waals surface area contributed by atoms with Crippen molar-refractivity contribution in [2.75, 3.05) is 7.11 Å². The molecule has 158 valence electrons. The van der Waals surface area contributed by atoms with Gasteiger partial charge in [0, 0.05) is 6.54 Å². The fourth-order valence-corrected chi connectivity index (χ4v) is 4.76. The number of hydrogen-bond acceptors (Lipinski definition) is 6. The molecule has 6 nitrogen and oxygen atoms in total. The number of hydrogen-bond donors (Lipinski definition) is 2. The highest BCUT2D eigenvalue weighted by molar-refractivity contribution is 9.10. The highest BCUT2D eigenvalue weighted by atomic mass is 79.9. The Morgan fingerprint density at radius 2 is 1.90 bits per heavy atom. The number of carbonyl (C=O) groups is 2. The molecule has 2 aromatic carbocycles. The third-order valence-electron chi connectivity index (χ3n) is 5.08. The first-order valence-corrected chi connectivity index (χ1v) is 11.0. The molecule has 0 bridgehead atoms. The molecule has 31 heavy (non-hydrogen) atoms. The first-order valence-electron chi connectivity index (χ1n) is 9.35. The van der Waals surface area contributed by atoms with Gasteiger partial charge in [-0.15, -0.1) is 11.3 Å². The standard InChI is InChI=1S/C23H18BrNO5S/c1-30-16-11-14(10-15(24)20(16)26)19-18(21(27)17-8-5-9-31-17)22(28)23(29)25(19)12-13-6-3-2-4-7-13/h2-11,19,26,28H,12H2,1H3. The van der Waals surface area contributed by atoms with E-state index in [4.69, 9.17) is 4.74 Å². The van der Waals surface area contributed by atoms with Crippen LogP contribution in [-0.2, 0) is 11.3 Å². The summed E-state index contributed by atoms with van der Waals surface area (Å²) in [7, 11) is 1.41. The lowest BCUT2D eigenvalue weighted by Crippen LogP contribution is -2.30. The number of rotatable bonds is 6. The minimum atomic E-state index is -0.854. The lowest BCUT2D eigenvalue weighted by molar-refractivity contribution is -0.130. The van der Waals surface area contributed by atoms with E-state index in [0.29, 0.717) is 14.9 Å². The average Bonchev–Trinajstić information content (AvgIpc) is 3.39. The SMILES string of the molecule is COc1cc(C2C(C(=O)c3cccs3)=C(O)C(=O)N2Cc2ccccc2)cc(Br)c1O. The number of amides is 1. The van der Waals surface area contributed by atoms with E-state index in [1.807, 2.05) is 30.3 Å². The number of carbonyl (C=O) groups excluding carboxylic acids is 2. The van der Waals surface area contributed by atoms with E-state index in [0.717, 1.165) is 5.56 Å². The smallest absolute Gasteiger partial charge is 0.290 e. The van der Waals surface area contributed by atoms with Crippen molar-refractivity contribution in [2.45, 2.75) is 12.6 Å². The number of ether oxygens (including phenoxy) is 1. The Hall–Kier alpha value is -3.10. The first-order chi connectivity index (χ1) is 14.9. The molecular weight excluding hydrogens is 482 g/mol. The Morgan fingerprint density at radius 1 is 1.16 bits per heavy atom. The highest BCUT2D eigenvalue weighted by Crippen LogP contribution is 2.44. The molecule has 0 aliphatic carbocycles. The average molecular weight is 500 g/mol. The summed E-state index contributed by atoms with van der Waals surface area (Å²) in [6.07, 6.45) is 0. The number of aliphatic hydroxyl groups excluding tert-OH is 1. The lowest BCUT2D eigenvalue weighted by Gasteiger charge is -2.27. The maximum atomic E-state index is 13.3. The summed E-state index contributed by atoms with van der Waals surface area (Å²) in [6.45, 7) is 0.191. The molecule has 3 aromatic rings. The Morgan fingerprint density at radius 3 is 2.55 bits per heavy atom. The molecule has 8 heteroatoms. The zero-order valence-electron chi connectivity index (χ0n) is 16.4. The number of methoxy groups -OCH3 is 1. The molecule has 1 aliphatic rings. The molecule has 1 atom stereocenters. The van der Waals surface area contributed by atoms with E-state index >= 15 is 0 Å². The van der Waals surface area contributed by atoms with E-state index in [1.54, 1.807) is 29.6 Å². The molecule has 0 saturated carbocycles. The number of nitrogens with zero attached hydrogens (tertiary/aromatic N) is 1. The molecule has 0 saturated heterocycles. The van der Waals surface area contributed by atoms with Gasteiger partial charge in [0.2, 0.25) is 5.78 Å². The Bertz CT molecular complexity index is 1170. The maximum Gasteiger partial charge on any atom is 0.290 e. The molecule has 0 radical (unpaired) electrons. The van der Waals surface area contributed by atoms with Crippen LogP contribution < -0.4 is 4.74 Å². The molecular formula is C23H18BrNO5S. The van der Waals surface area contributed by atoms with Crippen molar-refractivity contribution in [3.05, 3.63) is 91.8 Å². The number of phenols is 1. The molecule has 1 amide bonds. The van der Waals surface area contributed by atoms with Crippen molar-refractivity contribution in [1.82, 2.24) is 4.90 Å². The summed E-state index contributed by atoms with van der Waals surface area (Å²) in [5, 5.41) is 22.7. The zero-order chi connectivity index (χ0) is 22.1. The normalized spacial score (nSPS) is 16.1. The third kappa shape index (κ3) is 3.84. The summed E-state index contributed by atoms with van der Waals surface area (Å²) < 4.78 is 5.61. The van der Waals surface area contributed by atoms with Gasteiger partial charge in [0.1, 0.15) is 0 Å². The van der Waals surface area contributed by atoms with Gasteiger partial charge in [0.15, 0.2) is 17.3 Å². The molecule has 0 fully saturated rings. The second-order valence-electron chi connectivity index (χ2n) is 6.94. The maximum absolute atomic E-state index is 13.3. The number of thiophene rings is 1. The summed E-state index contributed by atoms with van der Waals surface area (Å²) in [6, 6.07) is 15.0. The number of halogens is 1. The van der Waals surface area contributed by atoms with E-state index in [9.17, 15) is 19.8 Å². The minimum Gasteiger partial charge on any atom is -0.503 e. The largest absolute Gasteiger partial charge is 0.503 e. The topological polar surface area (TPSA) is 87.1 Å². The van der Waals surface area contributed by atoms with E-state index in [2.05, 4.69) is 15.9 Å². The Kier molecular flexibility index (Phi) is 5.84. The number of aromatic hydroxyl groups is 1. The van der Waals surface area contributed by atoms with Crippen LogP contribution in [0.2, 0.25) is 0 Å². The summed E-state index contributed by atoms with van der Waals surface area (Å²) in [4.78, 5) is 28.2. The van der Waals surface area contributed by atoms with Crippen LogP contribution in [-0.4, -0.2) is 33.9 Å². The summed E-state index contributed by atoms with van der Waals surface area (Å²) in [5.41, 5.74) is 1.38. The van der Waals surface area contributed by atoms with Gasteiger partial charge in [0.25, 0.3) is 5.91 Å². The quantitative estimate of drug-likeness (QED) is 0.465. The number of ketones is 1. The lowest BCUT2D eigenvalue weighted by atomic mass is 9.95. The summed E-state index contributed by atoms with van der Waals surface area (Å²) >= 11 is 4.54. The number of phenolic OH excluding ortho intramolecular Hbond substituents is 1. The first kappa shape index (κ1) is 21.1. The second-order valence-corrected chi connectivity index (χ2v) is 8.75. The van der Waals surface area contributed by atoms with Crippen molar-refractivity contribution in [3.8, 4) is 11.5 Å². The van der Waals surface area contributed by atoms with Crippen LogP contribution in [0.25, 0.3) is 0 Å². The van der Waals surface area contributed by atoms with Gasteiger partial charge in [-0.25, -0.2) is 0 Å². The molecule has 4 rings (SSSR count). The molecule has 2 heterocycles. The van der Waals surface area contributed by atoms with Crippen LogP contribution in [0, 0.1) is 0 Å². The van der Waals surface area contributed by atoms with Gasteiger partial charge < -0.3 is 19.8 Å². The molecule has 1 aliphatic heterocycles. The second kappa shape index (κ2) is 8.56. The molecule has 2 N–H and O–H groups in total. The van der Waals surface area contributed by atoms with Gasteiger partial charge in [-0.3, -0.25) is 9.59 Å². The van der Waals surface area contributed by atoms with E-state index in [-0.39, 0.29) is 23.6 Å². The fraction of sp³-hybridized carbons (Fsp3) is 0.130. The van der Waals surface area contributed by atoms with E-state index < -0.39 is 23.5 Å². The summed E-state index contributed by atoms with van der Waals surface area (Å²) in [5.74, 6) is -1.51. The fourth-order valence-electron chi connectivity index (χ4n) is 3.62. The monoisotopic (exact) mass is 499 g/mol. The molecule has 0 spiro atoms. The number of benzene rings is 2. The number of Topliss-reactive ketones (excluding diaryl/α,β-unsaturated/α-hetero) is 1. The van der Waals surface area contributed by atoms with Crippen LogP contribution in [0.3, 0.4) is 0 Å². The van der Waals surface area contributed by atoms with Crippen LogP contribution in [0.15, 0.2) is 75.8 Å². The van der Waals surface area contributed by atoms with E-state index in [1.165, 1.54) is 23.3 Å². The molecule has 1 unspecified atom stereocenters. The zero-order valence-corrected chi connectivity index (χ0v) is 18.8. The third-order valence-corrected chi connectivity index (χ3v) is 6.55. The van der Waals surface area contributed by atoms with Gasteiger partial charge in [-0.2, -0.15) is 0 Å². The predicted molar refractivity (Wildman–Crippen MR) is 120 cm³/mol. The number of aliphatic hydroxyl groups is 1. The Labute approximate surface area is 191 Å². The van der Waals surface area contributed by atoms with Gasteiger partial charge in [0.05, 0.1) is 28.1 Å². The van der Waals surface area contributed by atoms with Crippen molar-refractivity contribution < 1.29 is 24.5 Å².